The fourth-order valence-corrected chi connectivity index (χ4v) is 3.17. The van der Waals surface area contributed by atoms with Crippen LogP contribution in [0.2, 0.25) is 0 Å². The van der Waals surface area contributed by atoms with Crippen LogP contribution in [0.25, 0.3) is 0 Å². The first-order chi connectivity index (χ1) is 8.19. The summed E-state index contributed by atoms with van der Waals surface area (Å²) in [6, 6.07) is 11.2. The molecule has 1 aromatic heterocycles. The van der Waals surface area contributed by atoms with Crippen molar-refractivity contribution in [2.45, 2.75) is 26.3 Å². The van der Waals surface area contributed by atoms with Crippen molar-refractivity contribution in [3.05, 3.63) is 50.6 Å². The Bertz CT molecular complexity index is 475. The summed E-state index contributed by atoms with van der Waals surface area (Å²) in [5, 5.41) is 5.63. The zero-order valence-electron chi connectivity index (χ0n) is 10.0. The lowest BCUT2D eigenvalue weighted by molar-refractivity contribution is 0.907. The monoisotopic (exact) mass is 309 g/mol. The summed E-state index contributed by atoms with van der Waals surface area (Å²) in [7, 11) is 0. The molecule has 0 aliphatic rings. The van der Waals surface area contributed by atoms with Crippen molar-refractivity contribution < 1.29 is 0 Å². The number of nitrogens with one attached hydrogen (secondary N) is 1. The molecule has 2 aromatic rings. The number of anilines is 1. The summed E-state index contributed by atoms with van der Waals surface area (Å²) in [6.07, 6.45) is 1.09. The van der Waals surface area contributed by atoms with E-state index in [1.165, 1.54) is 16.1 Å². The van der Waals surface area contributed by atoms with E-state index in [0.29, 0.717) is 6.04 Å². The molecule has 90 valence electrons. The van der Waals surface area contributed by atoms with E-state index in [1.54, 1.807) is 11.3 Å². The zero-order chi connectivity index (χ0) is 12.3. The summed E-state index contributed by atoms with van der Waals surface area (Å²) >= 11 is 5.26. The van der Waals surface area contributed by atoms with Crippen LogP contribution in [0.5, 0.6) is 0 Å². The standard InChI is InChI=1S/C14H16BrNS/c1-3-11-4-6-13(7-5-11)16-10(2)14-8-12(15)9-17-14/h4-10,16H,3H2,1-2H3. The molecule has 0 saturated carbocycles. The Morgan fingerprint density at radius 2 is 2.00 bits per heavy atom. The highest BCUT2D eigenvalue weighted by molar-refractivity contribution is 9.10. The smallest absolute Gasteiger partial charge is 0.0578 e. The predicted molar refractivity (Wildman–Crippen MR) is 79.9 cm³/mol. The van der Waals surface area contributed by atoms with E-state index in [-0.39, 0.29) is 0 Å². The van der Waals surface area contributed by atoms with E-state index in [9.17, 15) is 0 Å². The van der Waals surface area contributed by atoms with E-state index in [1.807, 2.05) is 0 Å². The molecule has 2 rings (SSSR count). The van der Waals surface area contributed by atoms with Crippen LogP contribution in [0.3, 0.4) is 0 Å². The molecule has 1 N–H and O–H groups in total. The number of thiophene rings is 1. The summed E-state index contributed by atoms with van der Waals surface area (Å²) in [5.74, 6) is 0. The van der Waals surface area contributed by atoms with E-state index in [2.05, 4.69) is 70.8 Å². The van der Waals surface area contributed by atoms with Crippen molar-refractivity contribution in [3.63, 3.8) is 0 Å². The molecule has 0 aliphatic heterocycles. The lowest BCUT2D eigenvalue weighted by Crippen LogP contribution is -2.04. The van der Waals surface area contributed by atoms with Gasteiger partial charge in [0.1, 0.15) is 0 Å². The quantitative estimate of drug-likeness (QED) is 0.813. The zero-order valence-corrected chi connectivity index (χ0v) is 12.4. The van der Waals surface area contributed by atoms with Crippen molar-refractivity contribution in [3.8, 4) is 0 Å². The van der Waals surface area contributed by atoms with Gasteiger partial charge in [-0.05, 0) is 53.0 Å². The van der Waals surface area contributed by atoms with Crippen molar-refractivity contribution in [1.82, 2.24) is 0 Å². The number of rotatable bonds is 4. The van der Waals surface area contributed by atoms with Crippen molar-refractivity contribution in [1.29, 1.82) is 0 Å². The Balaban J connectivity index is 2.04. The molecule has 1 atom stereocenters. The molecular weight excluding hydrogens is 294 g/mol. The molecule has 3 heteroatoms. The fourth-order valence-electron chi connectivity index (χ4n) is 1.71. The number of aryl methyl sites for hydroxylation is 1. The van der Waals surface area contributed by atoms with Gasteiger partial charge in [0.15, 0.2) is 0 Å². The van der Waals surface area contributed by atoms with Crippen LogP contribution in [0, 0.1) is 0 Å². The number of benzene rings is 1. The molecule has 17 heavy (non-hydrogen) atoms. The molecular formula is C14H16BrNS. The molecule has 1 nitrogen and oxygen atoms in total. The lowest BCUT2D eigenvalue weighted by Gasteiger charge is -2.13. The third-order valence-corrected chi connectivity index (χ3v) is 4.64. The molecule has 1 aromatic carbocycles. The van der Waals surface area contributed by atoms with Gasteiger partial charge >= 0.3 is 0 Å². The Kier molecular flexibility index (Phi) is 4.24. The molecule has 0 radical (unpaired) electrons. The number of hydrogen-bond donors (Lipinski definition) is 1. The minimum absolute atomic E-state index is 0.346. The highest BCUT2D eigenvalue weighted by Gasteiger charge is 2.07. The summed E-state index contributed by atoms with van der Waals surface area (Å²) in [5.41, 5.74) is 2.56. The largest absolute Gasteiger partial charge is 0.378 e. The van der Waals surface area contributed by atoms with Gasteiger partial charge in [0, 0.05) is 20.4 Å². The molecule has 0 aliphatic carbocycles. The van der Waals surface area contributed by atoms with Crippen molar-refractivity contribution in [2.75, 3.05) is 5.32 Å². The fraction of sp³-hybridized carbons (Fsp3) is 0.286. The third kappa shape index (κ3) is 3.33. The first-order valence-corrected chi connectivity index (χ1v) is 7.45. The molecule has 0 saturated heterocycles. The van der Waals surface area contributed by atoms with Crippen LogP contribution in [0.4, 0.5) is 5.69 Å². The lowest BCUT2D eigenvalue weighted by atomic mass is 10.1. The maximum atomic E-state index is 3.51. The van der Waals surface area contributed by atoms with Crippen LogP contribution in [0.15, 0.2) is 40.2 Å². The highest BCUT2D eigenvalue weighted by Crippen LogP contribution is 2.27. The van der Waals surface area contributed by atoms with Gasteiger partial charge in [-0.1, -0.05) is 19.1 Å². The van der Waals surface area contributed by atoms with Gasteiger partial charge in [0.05, 0.1) is 6.04 Å². The average molecular weight is 310 g/mol. The van der Waals surface area contributed by atoms with Crippen LogP contribution >= 0.6 is 27.3 Å². The SMILES string of the molecule is CCc1ccc(NC(C)c2cc(Br)cs2)cc1. The normalized spacial score (nSPS) is 12.4. The van der Waals surface area contributed by atoms with E-state index >= 15 is 0 Å². The Morgan fingerprint density at radius 3 is 2.53 bits per heavy atom. The van der Waals surface area contributed by atoms with E-state index in [0.717, 1.165) is 10.9 Å². The van der Waals surface area contributed by atoms with Crippen LogP contribution in [0.1, 0.15) is 30.3 Å². The van der Waals surface area contributed by atoms with Gasteiger partial charge in [0.2, 0.25) is 0 Å². The van der Waals surface area contributed by atoms with Crippen molar-refractivity contribution >= 4 is 33.0 Å². The topological polar surface area (TPSA) is 12.0 Å². The number of halogens is 1. The molecule has 1 unspecified atom stereocenters. The van der Waals surface area contributed by atoms with Crippen LogP contribution in [-0.2, 0) is 6.42 Å². The summed E-state index contributed by atoms with van der Waals surface area (Å²) in [4.78, 5) is 1.34. The highest BCUT2D eigenvalue weighted by atomic mass is 79.9. The average Bonchev–Trinajstić information content (AvgIpc) is 2.77. The Hall–Kier alpha value is -0.800. The Labute approximate surface area is 115 Å². The predicted octanol–water partition coefficient (Wildman–Crippen LogP) is 5.25. The molecule has 0 fully saturated rings. The second-order valence-electron chi connectivity index (χ2n) is 4.08. The second-order valence-corrected chi connectivity index (χ2v) is 5.94. The van der Waals surface area contributed by atoms with Gasteiger partial charge in [-0.15, -0.1) is 11.3 Å². The first kappa shape index (κ1) is 12.7. The molecule has 0 amide bonds. The minimum atomic E-state index is 0.346. The molecule has 1 heterocycles. The molecule has 0 spiro atoms. The first-order valence-electron chi connectivity index (χ1n) is 5.78. The van der Waals surface area contributed by atoms with E-state index in [4.69, 9.17) is 0 Å². The third-order valence-electron chi connectivity index (χ3n) is 2.76. The minimum Gasteiger partial charge on any atom is -0.378 e. The van der Waals surface area contributed by atoms with Crippen molar-refractivity contribution in [2.24, 2.45) is 0 Å². The summed E-state index contributed by atoms with van der Waals surface area (Å²) < 4.78 is 1.16. The van der Waals surface area contributed by atoms with Gasteiger partial charge < -0.3 is 5.32 Å². The molecule has 0 bridgehead atoms. The van der Waals surface area contributed by atoms with Crippen LogP contribution < -0.4 is 5.32 Å². The van der Waals surface area contributed by atoms with Gasteiger partial charge in [-0.3, -0.25) is 0 Å². The second kappa shape index (κ2) is 5.69. The maximum absolute atomic E-state index is 3.51. The van der Waals surface area contributed by atoms with Gasteiger partial charge in [-0.2, -0.15) is 0 Å². The van der Waals surface area contributed by atoms with Gasteiger partial charge in [0.25, 0.3) is 0 Å². The summed E-state index contributed by atoms with van der Waals surface area (Å²) in [6.45, 7) is 4.36. The number of hydrogen-bond acceptors (Lipinski definition) is 2. The van der Waals surface area contributed by atoms with Gasteiger partial charge in [-0.25, -0.2) is 0 Å². The maximum Gasteiger partial charge on any atom is 0.0578 e. The van der Waals surface area contributed by atoms with Crippen LogP contribution in [-0.4, -0.2) is 0 Å². The Morgan fingerprint density at radius 1 is 1.29 bits per heavy atom. The van der Waals surface area contributed by atoms with E-state index < -0.39 is 0 Å².